The molecule has 8 heavy (non-hydrogen) atoms. The molecule has 0 unspecified atom stereocenters. The van der Waals surface area contributed by atoms with E-state index < -0.39 is 5.91 Å². The fourth-order valence-corrected chi connectivity index (χ4v) is 0.259. The van der Waals surface area contributed by atoms with Gasteiger partial charge >= 0.3 is 0 Å². The number of allylic oxidation sites excluding steroid dienone is 1. The number of primary amides is 1. The maximum absolute atomic E-state index is 10.0. The quantitative estimate of drug-likeness (QED) is 0.407. The molecule has 3 heteroatoms. The van der Waals surface area contributed by atoms with Crippen molar-refractivity contribution in [3.63, 3.8) is 0 Å². The molecule has 0 spiro atoms. The average molecular weight is 115 g/mol. The molecule has 0 saturated heterocycles. The Morgan fingerprint density at radius 3 is 2.38 bits per heavy atom. The first kappa shape index (κ1) is 7.01. The van der Waals surface area contributed by atoms with E-state index in [9.17, 15) is 4.79 Å². The Bertz CT molecular complexity index is 118. The minimum Gasteiger partial charge on any atom is -0.501 e. The molecule has 0 atom stereocenters. The zero-order valence-electron chi connectivity index (χ0n) is 4.97. The molecule has 0 rings (SSSR count). The SMILES string of the molecule is CO/C(C)=C/C(N)=O. The van der Waals surface area contributed by atoms with E-state index in [0.717, 1.165) is 0 Å². The van der Waals surface area contributed by atoms with E-state index in [4.69, 9.17) is 5.73 Å². The largest absolute Gasteiger partial charge is 0.501 e. The van der Waals surface area contributed by atoms with Crippen molar-refractivity contribution in [3.05, 3.63) is 11.8 Å². The predicted octanol–water partition coefficient (Wildman–Crippen LogP) is 0.0219. The number of hydrogen-bond acceptors (Lipinski definition) is 2. The van der Waals surface area contributed by atoms with Gasteiger partial charge in [0.15, 0.2) is 0 Å². The van der Waals surface area contributed by atoms with Gasteiger partial charge in [-0.1, -0.05) is 0 Å². The van der Waals surface area contributed by atoms with Gasteiger partial charge in [-0.05, 0) is 6.92 Å². The van der Waals surface area contributed by atoms with Crippen molar-refractivity contribution in [1.29, 1.82) is 0 Å². The van der Waals surface area contributed by atoms with Gasteiger partial charge in [0.1, 0.15) is 0 Å². The number of carbonyl (C=O) groups is 1. The Morgan fingerprint density at radius 1 is 1.75 bits per heavy atom. The van der Waals surface area contributed by atoms with Gasteiger partial charge < -0.3 is 10.5 Å². The van der Waals surface area contributed by atoms with Crippen LogP contribution in [0.5, 0.6) is 0 Å². The number of carbonyl (C=O) groups excluding carboxylic acids is 1. The molecule has 3 nitrogen and oxygen atoms in total. The summed E-state index contributed by atoms with van der Waals surface area (Å²) in [7, 11) is 1.48. The van der Waals surface area contributed by atoms with E-state index in [1.54, 1.807) is 6.92 Å². The molecule has 0 aromatic rings. The second-order valence-electron chi connectivity index (χ2n) is 1.36. The van der Waals surface area contributed by atoms with Crippen LogP contribution in [0.2, 0.25) is 0 Å². The molecule has 0 bridgehead atoms. The van der Waals surface area contributed by atoms with Crippen LogP contribution in [0.15, 0.2) is 11.8 Å². The Balaban J connectivity index is 3.75. The Kier molecular flexibility index (Phi) is 2.69. The van der Waals surface area contributed by atoms with Crippen molar-refractivity contribution < 1.29 is 9.53 Å². The highest BCUT2D eigenvalue weighted by Crippen LogP contribution is 1.88. The van der Waals surface area contributed by atoms with Crippen LogP contribution in [-0.4, -0.2) is 13.0 Å². The first-order valence-corrected chi connectivity index (χ1v) is 2.18. The van der Waals surface area contributed by atoms with Crippen LogP contribution >= 0.6 is 0 Å². The highest BCUT2D eigenvalue weighted by atomic mass is 16.5. The monoisotopic (exact) mass is 115 g/mol. The number of methoxy groups -OCH3 is 1. The van der Waals surface area contributed by atoms with Crippen LogP contribution in [0, 0.1) is 0 Å². The summed E-state index contributed by atoms with van der Waals surface area (Å²) in [5, 5.41) is 0. The molecule has 1 amide bonds. The molecular weight excluding hydrogens is 106 g/mol. The third kappa shape index (κ3) is 3.21. The molecule has 46 valence electrons. The summed E-state index contributed by atoms with van der Waals surface area (Å²) in [5.41, 5.74) is 4.77. The van der Waals surface area contributed by atoms with E-state index >= 15 is 0 Å². The molecule has 0 aliphatic heterocycles. The fraction of sp³-hybridized carbons (Fsp3) is 0.400. The van der Waals surface area contributed by atoms with Gasteiger partial charge in [0.2, 0.25) is 5.91 Å². The zero-order chi connectivity index (χ0) is 6.57. The summed E-state index contributed by atoms with van der Waals surface area (Å²) in [6.45, 7) is 1.66. The Labute approximate surface area is 48.1 Å². The summed E-state index contributed by atoms with van der Waals surface area (Å²) in [5.74, 6) is 0.0434. The van der Waals surface area contributed by atoms with E-state index in [1.807, 2.05) is 0 Å². The van der Waals surface area contributed by atoms with Gasteiger partial charge in [-0.3, -0.25) is 4.79 Å². The lowest BCUT2D eigenvalue weighted by Crippen LogP contribution is -2.06. The smallest absolute Gasteiger partial charge is 0.244 e. The number of hydrogen-bond donors (Lipinski definition) is 1. The molecule has 0 saturated carbocycles. The van der Waals surface area contributed by atoms with Crippen molar-refractivity contribution in [1.82, 2.24) is 0 Å². The fourth-order valence-electron chi connectivity index (χ4n) is 0.259. The average Bonchev–Trinajstić information content (AvgIpc) is 1.65. The second-order valence-corrected chi connectivity index (χ2v) is 1.36. The Morgan fingerprint density at radius 2 is 2.25 bits per heavy atom. The van der Waals surface area contributed by atoms with Gasteiger partial charge in [0.25, 0.3) is 0 Å². The maximum Gasteiger partial charge on any atom is 0.244 e. The molecule has 0 aromatic heterocycles. The standard InChI is InChI=1S/C5H9NO2/c1-4(8-2)3-5(6)7/h3H,1-2H3,(H2,6,7)/b4-3+. The minimum atomic E-state index is -0.482. The van der Waals surface area contributed by atoms with Crippen LogP contribution in [-0.2, 0) is 9.53 Å². The first-order chi connectivity index (χ1) is 3.66. The number of rotatable bonds is 2. The van der Waals surface area contributed by atoms with E-state index in [-0.39, 0.29) is 0 Å². The normalized spacial score (nSPS) is 11.0. The maximum atomic E-state index is 10.0. The van der Waals surface area contributed by atoms with Gasteiger partial charge in [-0.15, -0.1) is 0 Å². The van der Waals surface area contributed by atoms with E-state index in [0.29, 0.717) is 5.76 Å². The highest BCUT2D eigenvalue weighted by Gasteiger charge is 1.86. The van der Waals surface area contributed by atoms with Crippen LogP contribution < -0.4 is 5.73 Å². The van der Waals surface area contributed by atoms with Crippen LogP contribution in [0.3, 0.4) is 0 Å². The summed E-state index contributed by atoms with van der Waals surface area (Å²) in [4.78, 5) is 10.0. The van der Waals surface area contributed by atoms with Crippen molar-refractivity contribution in [3.8, 4) is 0 Å². The summed E-state index contributed by atoms with van der Waals surface area (Å²) in [6.07, 6.45) is 1.22. The minimum absolute atomic E-state index is 0.482. The lowest BCUT2D eigenvalue weighted by molar-refractivity contribution is -0.113. The summed E-state index contributed by atoms with van der Waals surface area (Å²) in [6, 6.07) is 0. The molecular formula is C5H9NO2. The van der Waals surface area contributed by atoms with Crippen LogP contribution in [0.1, 0.15) is 6.92 Å². The lowest BCUT2D eigenvalue weighted by Gasteiger charge is -1.93. The molecule has 0 radical (unpaired) electrons. The van der Waals surface area contributed by atoms with Crippen LogP contribution in [0.25, 0.3) is 0 Å². The molecule has 0 aliphatic rings. The predicted molar refractivity (Wildman–Crippen MR) is 30.0 cm³/mol. The summed E-state index contributed by atoms with van der Waals surface area (Å²) < 4.78 is 4.62. The number of nitrogens with two attached hydrogens (primary N) is 1. The molecule has 2 N–H and O–H groups in total. The van der Waals surface area contributed by atoms with Crippen molar-refractivity contribution >= 4 is 5.91 Å². The third-order valence-corrected chi connectivity index (χ3v) is 0.667. The molecule has 0 aliphatic carbocycles. The summed E-state index contributed by atoms with van der Waals surface area (Å²) >= 11 is 0. The molecule has 0 fully saturated rings. The van der Waals surface area contributed by atoms with Gasteiger partial charge in [0.05, 0.1) is 12.9 Å². The topological polar surface area (TPSA) is 52.3 Å². The van der Waals surface area contributed by atoms with E-state index in [2.05, 4.69) is 4.74 Å². The molecule has 0 heterocycles. The number of amides is 1. The van der Waals surface area contributed by atoms with Gasteiger partial charge in [-0.2, -0.15) is 0 Å². The molecule has 0 aromatic carbocycles. The third-order valence-electron chi connectivity index (χ3n) is 0.667. The van der Waals surface area contributed by atoms with Gasteiger partial charge in [-0.25, -0.2) is 0 Å². The number of ether oxygens (including phenoxy) is 1. The van der Waals surface area contributed by atoms with Crippen LogP contribution in [0.4, 0.5) is 0 Å². The lowest BCUT2D eigenvalue weighted by atomic mass is 10.5. The highest BCUT2D eigenvalue weighted by molar-refractivity contribution is 5.86. The zero-order valence-corrected chi connectivity index (χ0v) is 4.97. The Hall–Kier alpha value is -0.990. The van der Waals surface area contributed by atoms with Crippen molar-refractivity contribution in [2.45, 2.75) is 6.92 Å². The van der Waals surface area contributed by atoms with Crippen molar-refractivity contribution in [2.75, 3.05) is 7.11 Å². The first-order valence-electron chi connectivity index (χ1n) is 2.18. The second kappa shape index (κ2) is 3.07. The van der Waals surface area contributed by atoms with Crippen molar-refractivity contribution in [2.24, 2.45) is 5.73 Å². The van der Waals surface area contributed by atoms with Gasteiger partial charge in [0, 0.05) is 6.08 Å². The van der Waals surface area contributed by atoms with E-state index in [1.165, 1.54) is 13.2 Å².